The van der Waals surface area contributed by atoms with E-state index in [0.29, 0.717) is 0 Å². The molecule has 3 aromatic rings. The summed E-state index contributed by atoms with van der Waals surface area (Å²) < 4.78 is 0. The minimum Gasteiger partial charge on any atom is -0.748 e. The van der Waals surface area contributed by atoms with Crippen LogP contribution in [0.15, 0.2) is 91.0 Å². The van der Waals surface area contributed by atoms with E-state index in [1.54, 1.807) is 0 Å². The third kappa shape index (κ3) is 9.95. The Balaban J connectivity index is 0.000000205. The molecule has 1 radical (unpaired) electrons. The van der Waals surface area contributed by atoms with Crippen LogP contribution in [0.5, 0.6) is 0 Å². The Kier molecular flexibility index (Phi) is 12.0. The van der Waals surface area contributed by atoms with E-state index in [4.69, 9.17) is 0 Å². The van der Waals surface area contributed by atoms with Crippen molar-refractivity contribution in [1.82, 2.24) is 0 Å². The van der Waals surface area contributed by atoms with Gasteiger partial charge in [-0.1, -0.05) is 0 Å². The summed E-state index contributed by atoms with van der Waals surface area (Å²) in [5, 5.41) is 0. The van der Waals surface area contributed by atoms with Gasteiger partial charge in [-0.05, 0) is 0 Å². The van der Waals surface area contributed by atoms with Gasteiger partial charge in [-0.15, -0.1) is 0 Å². The van der Waals surface area contributed by atoms with E-state index in [2.05, 4.69) is 0 Å². The smallest absolute Gasteiger partial charge is 0 e. The van der Waals surface area contributed by atoms with E-state index in [1.165, 1.54) is 0 Å². The zero-order valence-electron chi connectivity index (χ0n) is 9.24. The van der Waals surface area contributed by atoms with E-state index in [9.17, 15) is 0 Å². The van der Waals surface area contributed by atoms with Crippen LogP contribution < -0.4 is 0 Å². The third-order valence-electron chi connectivity index (χ3n) is 1.67. The second-order valence-corrected chi connectivity index (χ2v) is 2.89. The minimum absolute atomic E-state index is 0. The van der Waals surface area contributed by atoms with E-state index < -0.39 is 0 Å². The van der Waals surface area contributed by atoms with Gasteiger partial charge in [0.1, 0.15) is 0 Å². The Morgan fingerprint density at radius 2 is 0.688 bits per heavy atom. The predicted octanol–water partition coefficient (Wildman–Crippen LogP) is 4.22. The summed E-state index contributed by atoms with van der Waals surface area (Å²) in [6.07, 6.45) is 0. The summed E-state index contributed by atoms with van der Waals surface area (Å²) >= 11 is 0. The molecule has 85 valence electrons. The van der Waals surface area contributed by atoms with Crippen molar-refractivity contribution < 1.29 is 41.3 Å². The molecule has 0 unspecified atom stereocenters. The fourth-order valence-electron chi connectivity index (χ4n) is 0.962. The molecular formula is C15H15Pr-7. The molecule has 0 aliphatic carbocycles. The van der Waals surface area contributed by atoms with Crippen molar-refractivity contribution in [2.45, 2.75) is 0 Å². The molecular weight excluding hydrogens is 321 g/mol. The molecule has 3 rings (SSSR count). The van der Waals surface area contributed by atoms with Gasteiger partial charge in [-0.3, -0.25) is 0 Å². The molecule has 0 fully saturated rings. The number of rotatable bonds is 0. The van der Waals surface area contributed by atoms with Gasteiger partial charge in [0, 0.05) is 41.3 Å². The van der Waals surface area contributed by atoms with Gasteiger partial charge in [0.05, 0.1) is 0 Å². The normalized spacial score (nSPS) is 7.50. The van der Waals surface area contributed by atoms with Crippen molar-refractivity contribution in [1.29, 1.82) is 0 Å². The maximum absolute atomic E-state index is 2.00. The van der Waals surface area contributed by atoms with Crippen LogP contribution in [-0.2, 0) is 0 Å². The van der Waals surface area contributed by atoms with Crippen LogP contribution in [0.2, 0.25) is 0 Å². The molecule has 0 aromatic heterocycles. The van der Waals surface area contributed by atoms with Gasteiger partial charge >= 0.3 is 0 Å². The summed E-state index contributed by atoms with van der Waals surface area (Å²) in [6.45, 7) is 0. The van der Waals surface area contributed by atoms with E-state index in [-0.39, 0.29) is 41.3 Å². The summed E-state index contributed by atoms with van der Waals surface area (Å²) in [5.74, 6) is 0. The van der Waals surface area contributed by atoms with Crippen molar-refractivity contribution in [2.24, 2.45) is 0 Å². The maximum atomic E-state index is 2.00. The van der Waals surface area contributed by atoms with E-state index >= 15 is 0 Å². The Morgan fingerprint density at radius 1 is 0.438 bits per heavy atom. The first-order valence-corrected chi connectivity index (χ1v) is 5.00. The molecule has 3 aromatic carbocycles. The Morgan fingerprint density at radius 3 is 0.812 bits per heavy atom. The summed E-state index contributed by atoms with van der Waals surface area (Å²) in [6, 6.07) is 30.0. The van der Waals surface area contributed by atoms with Gasteiger partial charge in [0.15, 0.2) is 0 Å². The van der Waals surface area contributed by atoms with Gasteiger partial charge in [-0.2, -0.15) is 36.4 Å². The maximum Gasteiger partial charge on any atom is 0 e. The summed E-state index contributed by atoms with van der Waals surface area (Å²) in [7, 11) is 0. The average molecular weight is 336 g/mol. The molecule has 0 aliphatic rings. The minimum atomic E-state index is 0. The largest absolute Gasteiger partial charge is 0.748 e. The van der Waals surface area contributed by atoms with Gasteiger partial charge in [-0.25, -0.2) is 24.3 Å². The molecule has 16 heavy (non-hydrogen) atoms. The standard InChI is InChI=1S/3C5H5.Pr/c3*1-2-4-5-3-1;/h3*1-5H;/q-5;2*-1;. The van der Waals surface area contributed by atoms with Gasteiger partial charge in [0.2, 0.25) is 0 Å². The molecule has 0 nitrogen and oxygen atoms in total. The molecule has 0 amide bonds. The summed E-state index contributed by atoms with van der Waals surface area (Å²) in [4.78, 5) is 0. The SMILES string of the molecule is [Pr].[cH-]1[cH-][cH-][cH-][cH-]1.c1cc[cH-]c1.c1cc[cH-]c1. The fraction of sp³-hybridized carbons (Fsp3) is 0. The quantitative estimate of drug-likeness (QED) is 0.540. The number of hydrogen-bond donors (Lipinski definition) is 0. The van der Waals surface area contributed by atoms with Crippen molar-refractivity contribution in [3.8, 4) is 0 Å². The molecule has 0 N–H and O–H groups in total. The molecule has 1 heteroatoms. The zero-order valence-corrected chi connectivity index (χ0v) is 12.9. The molecule has 0 heterocycles. The zero-order chi connectivity index (χ0) is 10.6. The molecule has 0 bridgehead atoms. The molecule has 0 saturated carbocycles. The van der Waals surface area contributed by atoms with Crippen molar-refractivity contribution in [2.75, 3.05) is 0 Å². The van der Waals surface area contributed by atoms with Crippen LogP contribution in [0.25, 0.3) is 0 Å². The Bertz CT molecular complexity index is 237. The van der Waals surface area contributed by atoms with Crippen LogP contribution in [0, 0.1) is 41.3 Å². The van der Waals surface area contributed by atoms with Crippen LogP contribution >= 0.6 is 0 Å². The van der Waals surface area contributed by atoms with Crippen LogP contribution in [0.3, 0.4) is 0 Å². The molecule has 0 atom stereocenters. The first-order chi connectivity index (χ1) is 7.50. The topological polar surface area (TPSA) is 0 Å². The summed E-state index contributed by atoms with van der Waals surface area (Å²) in [5.41, 5.74) is 0. The van der Waals surface area contributed by atoms with E-state index in [1.807, 2.05) is 91.0 Å². The first kappa shape index (κ1) is 15.4. The second-order valence-electron chi connectivity index (χ2n) is 2.89. The average Bonchev–Trinajstić information content (AvgIpc) is 3.09. The predicted molar refractivity (Wildman–Crippen MR) is 66.1 cm³/mol. The van der Waals surface area contributed by atoms with E-state index in [0.717, 1.165) is 0 Å². The van der Waals surface area contributed by atoms with Crippen LogP contribution in [0.1, 0.15) is 0 Å². The van der Waals surface area contributed by atoms with Crippen molar-refractivity contribution >= 4 is 0 Å². The number of hydrogen-bond acceptors (Lipinski definition) is 0. The van der Waals surface area contributed by atoms with Gasteiger partial charge < -0.3 is 30.3 Å². The monoisotopic (exact) mass is 336 g/mol. The Hall–Kier alpha value is -0.586. The first-order valence-electron chi connectivity index (χ1n) is 5.00. The van der Waals surface area contributed by atoms with Crippen molar-refractivity contribution in [3.05, 3.63) is 91.0 Å². The van der Waals surface area contributed by atoms with Crippen LogP contribution in [0.4, 0.5) is 0 Å². The Labute approximate surface area is 131 Å². The van der Waals surface area contributed by atoms with Crippen molar-refractivity contribution in [3.63, 3.8) is 0 Å². The third-order valence-corrected chi connectivity index (χ3v) is 1.67. The second kappa shape index (κ2) is 12.5. The van der Waals surface area contributed by atoms with Gasteiger partial charge in [0.25, 0.3) is 0 Å². The molecule has 0 spiro atoms. The molecule has 0 aliphatic heterocycles. The fourth-order valence-corrected chi connectivity index (χ4v) is 0.962. The van der Waals surface area contributed by atoms with Crippen LogP contribution in [-0.4, -0.2) is 0 Å². The molecule has 0 saturated heterocycles.